The van der Waals surface area contributed by atoms with Crippen LogP contribution in [0.2, 0.25) is 0 Å². The lowest BCUT2D eigenvalue weighted by atomic mass is 10.5. The van der Waals surface area contributed by atoms with Crippen LogP contribution in [0.5, 0.6) is 0 Å². The van der Waals surface area contributed by atoms with Gasteiger partial charge in [-0.05, 0) is 6.92 Å². The first kappa shape index (κ1) is 10.4. The number of ether oxygens (including phenoxy) is 1. The van der Waals surface area contributed by atoms with Gasteiger partial charge in [0.1, 0.15) is 9.84 Å². The standard InChI is InChI=1S/C6H12O4S/c1-3-10-6(7)4-5-11(2,8)9/h3-5H2,1-2H3. The van der Waals surface area contributed by atoms with E-state index >= 15 is 0 Å². The highest BCUT2D eigenvalue weighted by atomic mass is 32.2. The van der Waals surface area contributed by atoms with Crippen molar-refractivity contribution >= 4 is 15.8 Å². The van der Waals surface area contributed by atoms with Gasteiger partial charge in [0.25, 0.3) is 0 Å². The van der Waals surface area contributed by atoms with Crippen molar-refractivity contribution in [3.63, 3.8) is 0 Å². The third-order valence-corrected chi connectivity index (χ3v) is 1.93. The van der Waals surface area contributed by atoms with E-state index in [-0.39, 0.29) is 12.2 Å². The Balaban J connectivity index is 3.64. The molecule has 0 aromatic carbocycles. The van der Waals surface area contributed by atoms with E-state index in [1.807, 2.05) is 0 Å². The molecule has 0 aromatic rings. The number of carbonyl (C=O) groups excluding carboxylic acids is 1. The summed E-state index contributed by atoms with van der Waals surface area (Å²) in [5.41, 5.74) is 0. The van der Waals surface area contributed by atoms with Crippen molar-refractivity contribution < 1.29 is 17.9 Å². The van der Waals surface area contributed by atoms with E-state index in [1.54, 1.807) is 6.92 Å². The molecule has 11 heavy (non-hydrogen) atoms. The predicted molar refractivity (Wildman–Crippen MR) is 41.0 cm³/mol. The quantitative estimate of drug-likeness (QED) is 0.571. The summed E-state index contributed by atoms with van der Waals surface area (Å²) in [6, 6.07) is 0. The topological polar surface area (TPSA) is 60.4 Å². The molecule has 0 heterocycles. The van der Waals surface area contributed by atoms with E-state index in [4.69, 9.17) is 0 Å². The molecule has 66 valence electrons. The Bertz CT molecular complexity index is 217. The van der Waals surface area contributed by atoms with Gasteiger partial charge in [-0.1, -0.05) is 0 Å². The van der Waals surface area contributed by atoms with Crippen molar-refractivity contribution in [2.75, 3.05) is 18.6 Å². The van der Waals surface area contributed by atoms with Crippen LogP contribution in [0, 0.1) is 0 Å². The minimum absolute atomic E-state index is 0.0489. The van der Waals surface area contributed by atoms with Gasteiger partial charge in [-0.25, -0.2) is 8.42 Å². The summed E-state index contributed by atoms with van der Waals surface area (Å²) < 4.78 is 25.6. The number of rotatable bonds is 4. The Hall–Kier alpha value is -0.580. The molecule has 0 spiro atoms. The lowest BCUT2D eigenvalue weighted by Gasteiger charge is -1.99. The first-order valence-corrected chi connectivity index (χ1v) is 5.35. The second-order valence-corrected chi connectivity index (χ2v) is 4.44. The van der Waals surface area contributed by atoms with Gasteiger partial charge in [0.2, 0.25) is 0 Å². The minimum Gasteiger partial charge on any atom is -0.466 e. The molecule has 0 bridgehead atoms. The molecule has 4 nitrogen and oxygen atoms in total. The fraction of sp³-hybridized carbons (Fsp3) is 0.833. The summed E-state index contributed by atoms with van der Waals surface area (Å²) in [6.07, 6.45) is 1.04. The first-order valence-electron chi connectivity index (χ1n) is 3.29. The van der Waals surface area contributed by atoms with Crippen LogP contribution in [0.4, 0.5) is 0 Å². The van der Waals surface area contributed by atoms with E-state index in [0.29, 0.717) is 6.61 Å². The Morgan fingerprint density at radius 2 is 2.00 bits per heavy atom. The van der Waals surface area contributed by atoms with E-state index in [9.17, 15) is 13.2 Å². The van der Waals surface area contributed by atoms with Gasteiger partial charge >= 0.3 is 5.97 Å². The minimum atomic E-state index is -3.04. The van der Waals surface area contributed by atoms with E-state index in [1.165, 1.54) is 0 Å². The molecule has 0 fully saturated rings. The van der Waals surface area contributed by atoms with Gasteiger partial charge < -0.3 is 4.74 Å². The molecule has 0 saturated carbocycles. The van der Waals surface area contributed by atoms with Gasteiger partial charge in [0, 0.05) is 6.26 Å². The molecule has 0 aromatic heterocycles. The molecule has 0 saturated heterocycles. The molecule has 0 aliphatic rings. The smallest absolute Gasteiger partial charge is 0.306 e. The van der Waals surface area contributed by atoms with Gasteiger partial charge in [0.05, 0.1) is 18.8 Å². The largest absolute Gasteiger partial charge is 0.466 e. The molecule has 0 amide bonds. The van der Waals surface area contributed by atoms with Crippen molar-refractivity contribution in [3.8, 4) is 0 Å². The average Bonchev–Trinajstić information content (AvgIpc) is 1.83. The maximum absolute atomic E-state index is 10.6. The number of hydrogen-bond acceptors (Lipinski definition) is 4. The number of sulfone groups is 1. The maximum atomic E-state index is 10.6. The van der Waals surface area contributed by atoms with Crippen LogP contribution in [0.15, 0.2) is 0 Å². The lowest BCUT2D eigenvalue weighted by Crippen LogP contribution is -2.11. The number of carbonyl (C=O) groups is 1. The number of hydrogen-bond donors (Lipinski definition) is 0. The molecule has 0 rings (SSSR count). The Morgan fingerprint density at radius 3 is 2.36 bits per heavy atom. The van der Waals surface area contributed by atoms with Crippen LogP contribution in [-0.2, 0) is 19.4 Å². The molecule has 0 radical (unpaired) electrons. The zero-order valence-corrected chi connectivity index (χ0v) is 7.48. The summed E-state index contributed by atoms with van der Waals surface area (Å²) in [7, 11) is -3.04. The van der Waals surface area contributed by atoms with Gasteiger partial charge in [-0.15, -0.1) is 0 Å². The van der Waals surface area contributed by atoms with E-state index < -0.39 is 15.8 Å². The van der Waals surface area contributed by atoms with Crippen molar-refractivity contribution in [1.82, 2.24) is 0 Å². The second-order valence-electron chi connectivity index (χ2n) is 2.18. The van der Waals surface area contributed by atoms with Gasteiger partial charge in [-0.3, -0.25) is 4.79 Å². The summed E-state index contributed by atoms with van der Waals surface area (Å²) >= 11 is 0. The third-order valence-electron chi connectivity index (χ3n) is 0.982. The van der Waals surface area contributed by atoms with E-state index in [0.717, 1.165) is 6.26 Å². The molecule has 0 unspecified atom stereocenters. The second kappa shape index (κ2) is 4.33. The van der Waals surface area contributed by atoms with Crippen LogP contribution in [0.1, 0.15) is 13.3 Å². The maximum Gasteiger partial charge on any atom is 0.306 e. The Kier molecular flexibility index (Phi) is 4.10. The molecular weight excluding hydrogens is 168 g/mol. The first-order chi connectivity index (χ1) is 4.95. The molecule has 0 atom stereocenters. The monoisotopic (exact) mass is 180 g/mol. The van der Waals surface area contributed by atoms with Crippen LogP contribution in [0.25, 0.3) is 0 Å². The molecule has 0 N–H and O–H groups in total. The highest BCUT2D eigenvalue weighted by Crippen LogP contribution is 1.91. The summed E-state index contributed by atoms with van der Waals surface area (Å²) in [5.74, 6) is -0.593. The van der Waals surface area contributed by atoms with Crippen molar-refractivity contribution in [1.29, 1.82) is 0 Å². The average molecular weight is 180 g/mol. The van der Waals surface area contributed by atoms with Crippen molar-refractivity contribution in [3.05, 3.63) is 0 Å². The van der Waals surface area contributed by atoms with Crippen LogP contribution < -0.4 is 0 Å². The summed E-state index contributed by atoms with van der Waals surface area (Å²) in [5, 5.41) is 0. The molecule has 0 aliphatic heterocycles. The third kappa shape index (κ3) is 7.32. The summed E-state index contributed by atoms with van der Waals surface area (Å²) in [4.78, 5) is 10.6. The zero-order chi connectivity index (χ0) is 8.91. The summed E-state index contributed by atoms with van der Waals surface area (Å²) in [6.45, 7) is 1.97. The fourth-order valence-corrected chi connectivity index (χ4v) is 1.04. The van der Waals surface area contributed by atoms with Crippen LogP contribution in [-0.4, -0.2) is 33.0 Å². The van der Waals surface area contributed by atoms with E-state index in [2.05, 4.69) is 4.74 Å². The molecule has 5 heteroatoms. The predicted octanol–water partition coefficient (Wildman–Crippen LogP) is -0.0158. The number of esters is 1. The van der Waals surface area contributed by atoms with Crippen LogP contribution in [0.3, 0.4) is 0 Å². The Labute approximate surface area is 66.5 Å². The molecular formula is C6H12O4S. The Morgan fingerprint density at radius 1 is 1.45 bits per heavy atom. The SMILES string of the molecule is CCOC(=O)CCS(C)(=O)=O. The lowest BCUT2D eigenvalue weighted by molar-refractivity contribution is -0.142. The van der Waals surface area contributed by atoms with Crippen LogP contribution >= 0.6 is 0 Å². The van der Waals surface area contributed by atoms with Crippen molar-refractivity contribution in [2.24, 2.45) is 0 Å². The van der Waals surface area contributed by atoms with Gasteiger partial charge in [0.15, 0.2) is 0 Å². The van der Waals surface area contributed by atoms with Crippen molar-refractivity contribution in [2.45, 2.75) is 13.3 Å². The highest BCUT2D eigenvalue weighted by Gasteiger charge is 2.07. The normalized spacial score (nSPS) is 11.1. The molecule has 0 aliphatic carbocycles. The fourth-order valence-electron chi connectivity index (χ4n) is 0.502. The zero-order valence-electron chi connectivity index (χ0n) is 6.66. The highest BCUT2D eigenvalue weighted by molar-refractivity contribution is 7.90. The van der Waals surface area contributed by atoms with Gasteiger partial charge in [-0.2, -0.15) is 0 Å².